The van der Waals surface area contributed by atoms with Crippen LogP contribution in [0.4, 0.5) is 10.1 Å². The van der Waals surface area contributed by atoms with Crippen molar-refractivity contribution in [1.29, 1.82) is 0 Å². The van der Waals surface area contributed by atoms with Gasteiger partial charge in [0.1, 0.15) is 5.82 Å². The van der Waals surface area contributed by atoms with Crippen molar-refractivity contribution in [2.24, 2.45) is 0 Å². The van der Waals surface area contributed by atoms with Gasteiger partial charge < -0.3 is 10.0 Å². The lowest BCUT2D eigenvalue weighted by molar-refractivity contribution is 0.00802. The third-order valence-corrected chi connectivity index (χ3v) is 4.62. The Morgan fingerprint density at radius 2 is 1.60 bits per heavy atom. The number of halogens is 1. The van der Waals surface area contributed by atoms with Crippen molar-refractivity contribution in [3.05, 3.63) is 30.1 Å². The number of hydrogen-bond donors (Lipinski definition) is 1. The fraction of sp³-hybridized carbons (Fsp3) is 0.625. The molecule has 1 aliphatic heterocycles. The lowest BCUT2D eigenvalue weighted by atomic mass is 10.0. The summed E-state index contributed by atoms with van der Waals surface area (Å²) < 4.78 is 12.9. The summed E-state index contributed by atoms with van der Waals surface area (Å²) in [5.41, 5.74) is 0.642. The Hall–Kier alpha value is -1.13. The summed E-state index contributed by atoms with van der Waals surface area (Å²) in [5, 5.41) is 10.5. The van der Waals surface area contributed by atoms with Crippen LogP contribution in [0, 0.1) is 5.82 Å². The minimum absolute atomic E-state index is 0.184. The normalized spacial score (nSPS) is 23.2. The van der Waals surface area contributed by atoms with E-state index in [-0.39, 0.29) is 5.82 Å². The van der Waals surface area contributed by atoms with Gasteiger partial charge in [0.05, 0.1) is 5.60 Å². The highest BCUT2D eigenvalue weighted by Crippen LogP contribution is 2.30. The zero-order valence-corrected chi connectivity index (χ0v) is 11.9. The van der Waals surface area contributed by atoms with Gasteiger partial charge in [-0.2, -0.15) is 0 Å². The van der Waals surface area contributed by atoms with Crippen molar-refractivity contribution < 1.29 is 9.50 Å². The van der Waals surface area contributed by atoms with Crippen LogP contribution in [0.3, 0.4) is 0 Å². The van der Waals surface area contributed by atoms with Crippen LogP contribution in [0.1, 0.15) is 25.7 Å². The molecule has 1 N–H and O–H groups in total. The molecule has 4 heteroatoms. The number of benzene rings is 1. The van der Waals surface area contributed by atoms with Crippen molar-refractivity contribution >= 4 is 5.69 Å². The molecular formula is C16H23FN2O. The van der Waals surface area contributed by atoms with E-state index in [1.54, 1.807) is 0 Å². The fourth-order valence-corrected chi connectivity index (χ4v) is 3.42. The average Bonchev–Trinajstić information content (AvgIpc) is 2.87. The molecule has 1 heterocycles. The van der Waals surface area contributed by atoms with Crippen LogP contribution in [0.25, 0.3) is 0 Å². The minimum Gasteiger partial charge on any atom is -0.389 e. The molecule has 1 aromatic rings. The Bertz CT molecular complexity index is 434. The summed E-state index contributed by atoms with van der Waals surface area (Å²) in [7, 11) is 0. The number of aliphatic hydroxyl groups is 1. The number of hydrogen-bond acceptors (Lipinski definition) is 3. The average molecular weight is 278 g/mol. The van der Waals surface area contributed by atoms with Gasteiger partial charge in [0.25, 0.3) is 0 Å². The largest absolute Gasteiger partial charge is 0.389 e. The third-order valence-electron chi connectivity index (χ3n) is 4.62. The van der Waals surface area contributed by atoms with Crippen LogP contribution in [0.2, 0.25) is 0 Å². The molecule has 0 unspecified atom stereocenters. The van der Waals surface area contributed by atoms with E-state index in [0.29, 0.717) is 0 Å². The predicted molar refractivity (Wildman–Crippen MR) is 78.5 cm³/mol. The van der Waals surface area contributed by atoms with Crippen LogP contribution < -0.4 is 4.90 Å². The number of anilines is 1. The predicted octanol–water partition coefficient (Wildman–Crippen LogP) is 2.25. The van der Waals surface area contributed by atoms with E-state index in [1.165, 1.54) is 12.1 Å². The number of β-amino-alcohol motifs (C(OH)–C–C–N with tert-alkyl or cyclic N) is 1. The maximum Gasteiger partial charge on any atom is 0.123 e. The second kappa shape index (κ2) is 5.70. The summed E-state index contributed by atoms with van der Waals surface area (Å²) in [6.07, 6.45) is 4.22. The lowest BCUT2D eigenvalue weighted by Crippen LogP contribution is -2.51. The minimum atomic E-state index is -0.446. The third kappa shape index (κ3) is 3.13. The van der Waals surface area contributed by atoms with Gasteiger partial charge in [0, 0.05) is 38.4 Å². The smallest absolute Gasteiger partial charge is 0.123 e. The summed E-state index contributed by atoms with van der Waals surface area (Å²) in [6, 6.07) is 6.72. The molecule has 20 heavy (non-hydrogen) atoms. The molecule has 1 saturated heterocycles. The molecule has 0 atom stereocenters. The van der Waals surface area contributed by atoms with Crippen molar-refractivity contribution in [3.63, 3.8) is 0 Å². The highest BCUT2D eigenvalue weighted by atomic mass is 19.1. The van der Waals surface area contributed by atoms with Crippen LogP contribution >= 0.6 is 0 Å². The maximum absolute atomic E-state index is 12.9. The standard InChI is InChI=1S/C16H23FN2O/c17-14-3-5-15(6-4-14)19-11-9-18(10-12-19)13-16(20)7-1-2-8-16/h3-6,20H,1-2,7-13H2. The van der Waals surface area contributed by atoms with Crippen molar-refractivity contribution in [2.45, 2.75) is 31.3 Å². The molecule has 1 saturated carbocycles. The van der Waals surface area contributed by atoms with E-state index in [4.69, 9.17) is 0 Å². The number of nitrogens with zero attached hydrogens (tertiary/aromatic N) is 2. The summed E-state index contributed by atoms with van der Waals surface area (Å²) >= 11 is 0. The second-order valence-electron chi connectivity index (χ2n) is 6.17. The van der Waals surface area contributed by atoms with E-state index in [9.17, 15) is 9.50 Å². The summed E-state index contributed by atoms with van der Waals surface area (Å²) in [5.74, 6) is -0.184. The molecule has 2 aliphatic rings. The zero-order chi connectivity index (χ0) is 14.0. The topological polar surface area (TPSA) is 26.7 Å². The van der Waals surface area contributed by atoms with Gasteiger partial charge in [-0.25, -0.2) is 4.39 Å². The molecule has 3 nitrogen and oxygen atoms in total. The number of rotatable bonds is 3. The molecule has 0 bridgehead atoms. The first-order valence-corrected chi connectivity index (χ1v) is 7.60. The lowest BCUT2D eigenvalue weighted by Gasteiger charge is -2.39. The van der Waals surface area contributed by atoms with Gasteiger partial charge in [-0.1, -0.05) is 12.8 Å². The maximum atomic E-state index is 12.9. The first kappa shape index (κ1) is 13.8. The van der Waals surface area contributed by atoms with Crippen LogP contribution in [0.15, 0.2) is 24.3 Å². The van der Waals surface area contributed by atoms with Crippen LogP contribution in [0.5, 0.6) is 0 Å². The Morgan fingerprint density at radius 3 is 2.20 bits per heavy atom. The highest BCUT2D eigenvalue weighted by Gasteiger charge is 2.33. The van der Waals surface area contributed by atoms with Crippen molar-refractivity contribution in [2.75, 3.05) is 37.6 Å². The molecule has 0 amide bonds. The van der Waals surface area contributed by atoms with Crippen molar-refractivity contribution in [3.8, 4) is 0 Å². The van der Waals surface area contributed by atoms with E-state index in [2.05, 4.69) is 9.80 Å². The van der Waals surface area contributed by atoms with E-state index in [0.717, 1.165) is 64.1 Å². The van der Waals surface area contributed by atoms with Gasteiger partial charge in [-0.05, 0) is 37.1 Å². The van der Waals surface area contributed by atoms with E-state index >= 15 is 0 Å². The Kier molecular flexibility index (Phi) is 3.94. The Balaban J connectivity index is 1.53. The van der Waals surface area contributed by atoms with Crippen molar-refractivity contribution in [1.82, 2.24) is 4.90 Å². The summed E-state index contributed by atoms with van der Waals surface area (Å²) in [6.45, 7) is 4.65. The van der Waals surface area contributed by atoms with Gasteiger partial charge in [-0.15, -0.1) is 0 Å². The highest BCUT2D eigenvalue weighted by molar-refractivity contribution is 5.46. The monoisotopic (exact) mass is 278 g/mol. The molecule has 110 valence electrons. The van der Waals surface area contributed by atoms with Gasteiger partial charge >= 0.3 is 0 Å². The van der Waals surface area contributed by atoms with Crippen LogP contribution in [-0.2, 0) is 0 Å². The fourth-order valence-electron chi connectivity index (χ4n) is 3.42. The summed E-state index contributed by atoms with van der Waals surface area (Å²) in [4.78, 5) is 4.65. The van der Waals surface area contributed by atoms with Gasteiger partial charge in [0.15, 0.2) is 0 Å². The van der Waals surface area contributed by atoms with Crippen LogP contribution in [-0.4, -0.2) is 48.3 Å². The molecule has 0 aromatic heterocycles. The molecule has 0 spiro atoms. The van der Waals surface area contributed by atoms with E-state index < -0.39 is 5.60 Å². The zero-order valence-electron chi connectivity index (χ0n) is 11.9. The number of piperazine rings is 1. The molecule has 3 rings (SSSR count). The SMILES string of the molecule is OC1(CN2CCN(c3ccc(F)cc3)CC2)CCCC1. The molecule has 2 fully saturated rings. The molecule has 1 aromatic carbocycles. The molecule has 1 aliphatic carbocycles. The first-order chi connectivity index (χ1) is 9.65. The Morgan fingerprint density at radius 1 is 1.00 bits per heavy atom. The van der Waals surface area contributed by atoms with Gasteiger partial charge in [-0.3, -0.25) is 4.90 Å². The Labute approximate surface area is 120 Å². The quantitative estimate of drug-likeness (QED) is 0.918. The molecule has 0 radical (unpaired) electrons. The molecular weight excluding hydrogens is 255 g/mol. The van der Waals surface area contributed by atoms with Gasteiger partial charge in [0.2, 0.25) is 0 Å². The van der Waals surface area contributed by atoms with E-state index in [1.807, 2.05) is 12.1 Å². The first-order valence-electron chi connectivity index (χ1n) is 7.60. The second-order valence-corrected chi connectivity index (χ2v) is 6.17.